The van der Waals surface area contributed by atoms with E-state index < -0.39 is 24.0 Å². The Bertz CT molecular complexity index is 916. The van der Waals surface area contributed by atoms with Gasteiger partial charge in [-0.2, -0.15) is 5.10 Å². The summed E-state index contributed by atoms with van der Waals surface area (Å²) in [7, 11) is 0. The number of aryl methyl sites for hydroxylation is 1. The Morgan fingerprint density at radius 2 is 1.76 bits per heavy atom. The number of benzene rings is 2. The third-order valence-corrected chi connectivity index (χ3v) is 4.86. The van der Waals surface area contributed by atoms with Crippen molar-refractivity contribution in [2.45, 2.75) is 44.8 Å². The van der Waals surface area contributed by atoms with Gasteiger partial charge in [-0.3, -0.25) is 9.59 Å². The van der Waals surface area contributed by atoms with Crippen molar-refractivity contribution >= 4 is 24.2 Å². The molecule has 0 aliphatic rings. The third-order valence-electron chi connectivity index (χ3n) is 4.86. The van der Waals surface area contributed by atoms with Gasteiger partial charge in [-0.25, -0.2) is 4.79 Å². The molecule has 2 aromatic carbocycles. The number of amides is 2. The van der Waals surface area contributed by atoms with Crippen LogP contribution < -0.4 is 16.5 Å². The van der Waals surface area contributed by atoms with E-state index in [9.17, 15) is 14.4 Å². The second kappa shape index (κ2) is 14.2. The smallest absolute Gasteiger partial charge is 0.408 e. The molecule has 0 spiro atoms. The highest BCUT2D eigenvalue weighted by molar-refractivity contribution is 5.86. The van der Waals surface area contributed by atoms with Gasteiger partial charge in [-0.05, 0) is 42.4 Å². The summed E-state index contributed by atoms with van der Waals surface area (Å²) in [5.41, 5.74) is 2.90. The third kappa shape index (κ3) is 10.3. The summed E-state index contributed by atoms with van der Waals surface area (Å²) < 4.78 is 5.14. The van der Waals surface area contributed by atoms with E-state index in [0.29, 0.717) is 6.54 Å². The SMILES string of the molecule is NN=Cc1ccc(CCCCNC(=O)[C@H](CCC(=O)O)NC(=O)OCc2ccccc2)cc1. The van der Waals surface area contributed by atoms with E-state index in [4.69, 9.17) is 15.7 Å². The molecule has 0 aromatic heterocycles. The summed E-state index contributed by atoms with van der Waals surface area (Å²) in [5.74, 6) is 3.66. The first-order chi connectivity index (χ1) is 16.0. The summed E-state index contributed by atoms with van der Waals surface area (Å²) in [4.78, 5) is 35.5. The number of hydrogen-bond donors (Lipinski definition) is 4. The van der Waals surface area contributed by atoms with E-state index in [1.54, 1.807) is 6.21 Å². The number of nitrogens with one attached hydrogen (secondary N) is 2. The molecule has 0 aliphatic heterocycles. The van der Waals surface area contributed by atoms with Crippen LogP contribution in [0.15, 0.2) is 59.7 Å². The van der Waals surface area contributed by atoms with E-state index in [2.05, 4.69) is 15.7 Å². The molecule has 0 fully saturated rings. The molecule has 0 bridgehead atoms. The van der Waals surface area contributed by atoms with Crippen molar-refractivity contribution in [2.75, 3.05) is 6.54 Å². The second-order valence-corrected chi connectivity index (χ2v) is 7.46. The zero-order chi connectivity index (χ0) is 23.9. The molecule has 2 aromatic rings. The van der Waals surface area contributed by atoms with Crippen molar-refractivity contribution in [3.05, 3.63) is 71.3 Å². The van der Waals surface area contributed by atoms with Crippen LogP contribution in [0.25, 0.3) is 0 Å². The van der Waals surface area contributed by atoms with Crippen LogP contribution in [0.3, 0.4) is 0 Å². The summed E-state index contributed by atoms with van der Waals surface area (Å²) in [6, 6.07) is 16.0. The van der Waals surface area contributed by atoms with Crippen molar-refractivity contribution in [1.29, 1.82) is 0 Å². The van der Waals surface area contributed by atoms with Crippen LogP contribution in [-0.2, 0) is 27.4 Å². The Hall–Kier alpha value is -3.88. The second-order valence-electron chi connectivity index (χ2n) is 7.46. The number of hydrazone groups is 1. The van der Waals surface area contributed by atoms with Gasteiger partial charge >= 0.3 is 12.1 Å². The number of carbonyl (C=O) groups is 3. The lowest BCUT2D eigenvalue weighted by Gasteiger charge is -2.18. The van der Waals surface area contributed by atoms with Crippen molar-refractivity contribution < 1.29 is 24.2 Å². The van der Waals surface area contributed by atoms with Gasteiger partial charge in [-0.15, -0.1) is 0 Å². The number of nitrogens with zero attached hydrogens (tertiary/aromatic N) is 1. The standard InChI is InChI=1S/C24H30N4O5/c25-27-16-19-11-9-18(10-12-19)6-4-5-15-26-23(31)21(13-14-22(29)30)28-24(32)33-17-20-7-2-1-3-8-20/h1-3,7-12,16,21H,4-6,13-15,17,25H2,(H,26,31)(H,28,32)(H,29,30)/t21-/m0/s1. The number of unbranched alkanes of at least 4 members (excludes halogenated alkanes) is 1. The number of hydrogen-bond acceptors (Lipinski definition) is 6. The van der Waals surface area contributed by atoms with Crippen LogP contribution in [0.4, 0.5) is 4.79 Å². The number of carbonyl (C=O) groups excluding carboxylic acids is 2. The first kappa shape index (κ1) is 25.4. The molecule has 0 heterocycles. The molecule has 176 valence electrons. The molecule has 2 rings (SSSR count). The van der Waals surface area contributed by atoms with Gasteiger partial charge in [0.2, 0.25) is 5.91 Å². The molecule has 0 aliphatic carbocycles. The Morgan fingerprint density at radius 1 is 1.03 bits per heavy atom. The van der Waals surface area contributed by atoms with Crippen molar-refractivity contribution in [2.24, 2.45) is 10.9 Å². The number of aliphatic carboxylic acids is 1. The average Bonchev–Trinajstić information content (AvgIpc) is 2.82. The van der Waals surface area contributed by atoms with Gasteiger partial charge in [0.1, 0.15) is 12.6 Å². The topological polar surface area (TPSA) is 143 Å². The van der Waals surface area contributed by atoms with Gasteiger partial charge in [0.25, 0.3) is 0 Å². The molecule has 0 saturated carbocycles. The predicted molar refractivity (Wildman–Crippen MR) is 125 cm³/mol. The maximum absolute atomic E-state index is 12.5. The van der Waals surface area contributed by atoms with Crippen LogP contribution in [0.2, 0.25) is 0 Å². The lowest BCUT2D eigenvalue weighted by atomic mass is 10.1. The Kier molecular flexibility index (Phi) is 10.9. The number of carboxylic acid groups (broad SMARTS) is 1. The van der Waals surface area contributed by atoms with Gasteiger partial charge in [-0.1, -0.05) is 54.6 Å². The maximum atomic E-state index is 12.5. The molecule has 1 atom stereocenters. The Balaban J connectivity index is 1.74. The molecule has 0 saturated heterocycles. The molecule has 33 heavy (non-hydrogen) atoms. The minimum Gasteiger partial charge on any atom is -0.481 e. The van der Waals surface area contributed by atoms with Crippen LogP contribution in [0.1, 0.15) is 42.4 Å². The van der Waals surface area contributed by atoms with E-state index in [1.165, 1.54) is 0 Å². The number of ether oxygens (including phenoxy) is 1. The normalized spacial score (nSPS) is 11.6. The van der Waals surface area contributed by atoms with E-state index in [-0.39, 0.29) is 19.4 Å². The van der Waals surface area contributed by atoms with E-state index in [1.807, 2.05) is 54.6 Å². The number of rotatable bonds is 13. The Labute approximate surface area is 193 Å². The summed E-state index contributed by atoms with van der Waals surface area (Å²) in [5, 5.41) is 17.7. The fourth-order valence-electron chi connectivity index (χ4n) is 3.09. The van der Waals surface area contributed by atoms with E-state index >= 15 is 0 Å². The molecule has 9 nitrogen and oxygen atoms in total. The summed E-state index contributed by atoms with van der Waals surface area (Å²) in [6.45, 7) is 0.473. The lowest BCUT2D eigenvalue weighted by Crippen LogP contribution is -2.47. The highest BCUT2D eigenvalue weighted by Gasteiger charge is 2.22. The maximum Gasteiger partial charge on any atom is 0.408 e. The predicted octanol–water partition coefficient (Wildman–Crippen LogP) is 2.58. The van der Waals surface area contributed by atoms with Gasteiger partial charge in [0.15, 0.2) is 0 Å². The zero-order valence-electron chi connectivity index (χ0n) is 18.4. The monoisotopic (exact) mass is 454 g/mol. The first-order valence-electron chi connectivity index (χ1n) is 10.8. The fraction of sp³-hybridized carbons (Fsp3) is 0.333. The van der Waals surface area contributed by atoms with Gasteiger partial charge < -0.3 is 26.3 Å². The molecule has 0 unspecified atom stereocenters. The molecule has 5 N–H and O–H groups in total. The molecule has 2 amide bonds. The van der Waals surface area contributed by atoms with Crippen molar-refractivity contribution in [1.82, 2.24) is 10.6 Å². The van der Waals surface area contributed by atoms with E-state index in [0.717, 1.165) is 36.0 Å². The fourth-order valence-corrected chi connectivity index (χ4v) is 3.09. The highest BCUT2D eigenvalue weighted by atomic mass is 16.5. The van der Waals surface area contributed by atoms with Gasteiger partial charge in [0, 0.05) is 13.0 Å². The van der Waals surface area contributed by atoms with Crippen LogP contribution in [0, 0.1) is 0 Å². The average molecular weight is 455 g/mol. The minimum absolute atomic E-state index is 0.0277. The van der Waals surface area contributed by atoms with Crippen LogP contribution in [-0.4, -0.2) is 41.9 Å². The minimum atomic E-state index is -1.05. The zero-order valence-corrected chi connectivity index (χ0v) is 18.4. The highest BCUT2D eigenvalue weighted by Crippen LogP contribution is 2.07. The van der Waals surface area contributed by atoms with Crippen molar-refractivity contribution in [3.8, 4) is 0 Å². The first-order valence-corrected chi connectivity index (χ1v) is 10.8. The molecular weight excluding hydrogens is 424 g/mol. The summed E-state index contributed by atoms with van der Waals surface area (Å²) in [6.07, 6.45) is 2.97. The quantitative estimate of drug-likeness (QED) is 0.159. The molecule has 0 radical (unpaired) electrons. The molecular formula is C24H30N4O5. The number of alkyl carbamates (subject to hydrolysis) is 1. The largest absolute Gasteiger partial charge is 0.481 e. The van der Waals surface area contributed by atoms with Crippen LogP contribution >= 0.6 is 0 Å². The Morgan fingerprint density at radius 3 is 2.42 bits per heavy atom. The molecule has 9 heteroatoms. The van der Waals surface area contributed by atoms with Crippen LogP contribution in [0.5, 0.6) is 0 Å². The van der Waals surface area contributed by atoms with Crippen molar-refractivity contribution in [3.63, 3.8) is 0 Å². The van der Waals surface area contributed by atoms with Gasteiger partial charge in [0.05, 0.1) is 6.21 Å². The summed E-state index contributed by atoms with van der Waals surface area (Å²) >= 11 is 0. The number of nitrogens with two attached hydrogens (primary N) is 1. The lowest BCUT2D eigenvalue weighted by molar-refractivity contribution is -0.137. The number of carboxylic acids is 1.